The highest BCUT2D eigenvalue weighted by molar-refractivity contribution is 8.08. The Balaban J connectivity index is 4.23. The lowest BCUT2D eigenvalue weighted by Gasteiger charge is -2.16. The molecule has 23 heavy (non-hydrogen) atoms. The van der Waals surface area contributed by atoms with Crippen molar-refractivity contribution in [3.8, 4) is 0 Å². The highest BCUT2D eigenvalue weighted by Crippen LogP contribution is 2.26. The van der Waals surface area contributed by atoms with E-state index in [0.717, 1.165) is 0 Å². The summed E-state index contributed by atoms with van der Waals surface area (Å²) in [5, 5.41) is 10.2. The first-order chi connectivity index (χ1) is 11.3. The van der Waals surface area contributed by atoms with Gasteiger partial charge in [0.1, 0.15) is 0 Å². The fraction of sp³-hybridized carbons (Fsp3) is 0.556. The molecule has 2 atom stereocenters. The van der Waals surface area contributed by atoms with E-state index in [1.807, 2.05) is 47.0 Å². The number of allylic oxidation sites excluding steroid dienone is 4. The van der Waals surface area contributed by atoms with Crippen LogP contribution >= 0.6 is 58.8 Å². The van der Waals surface area contributed by atoms with Crippen molar-refractivity contribution in [1.82, 2.24) is 0 Å². The minimum absolute atomic E-state index is 0.688. The molecule has 132 valence electrons. The van der Waals surface area contributed by atoms with Crippen molar-refractivity contribution in [2.45, 2.75) is 38.2 Å². The highest BCUT2D eigenvalue weighted by Gasteiger charge is 2.12. The van der Waals surface area contributed by atoms with Gasteiger partial charge < -0.3 is 0 Å². The molecular formula is C18H30S5. The zero-order valence-electron chi connectivity index (χ0n) is 14.6. The summed E-state index contributed by atoms with van der Waals surface area (Å²) in [7, 11) is 0. The van der Waals surface area contributed by atoms with Crippen molar-refractivity contribution < 1.29 is 0 Å². The Labute approximate surface area is 165 Å². The van der Waals surface area contributed by atoms with E-state index in [1.165, 1.54) is 23.0 Å². The Bertz CT molecular complexity index is 326. The van der Waals surface area contributed by atoms with Gasteiger partial charge in [0, 0.05) is 33.5 Å². The maximum Gasteiger partial charge on any atom is 0.0273 e. The summed E-state index contributed by atoms with van der Waals surface area (Å²) >= 11 is 9.89. The van der Waals surface area contributed by atoms with Crippen LogP contribution in [0.3, 0.4) is 0 Å². The first kappa shape index (κ1) is 23.7. The minimum Gasteiger partial charge on any atom is -0.160 e. The predicted octanol–water partition coefficient (Wildman–Crippen LogP) is 7.52. The lowest BCUT2D eigenvalue weighted by atomic mass is 10.5. The fourth-order valence-corrected chi connectivity index (χ4v) is 7.01. The molecule has 5 heteroatoms. The third-order valence-corrected chi connectivity index (χ3v) is 8.98. The minimum atomic E-state index is 0.688. The van der Waals surface area contributed by atoms with E-state index in [9.17, 15) is 0 Å². The van der Waals surface area contributed by atoms with E-state index in [0.29, 0.717) is 10.5 Å². The Morgan fingerprint density at radius 1 is 0.565 bits per heavy atom. The fourth-order valence-electron chi connectivity index (χ4n) is 1.48. The Kier molecular flexibility index (Phi) is 19.6. The van der Waals surface area contributed by atoms with Crippen molar-refractivity contribution in [3.63, 3.8) is 0 Å². The van der Waals surface area contributed by atoms with Crippen LogP contribution in [0.1, 0.15) is 27.7 Å². The quantitative estimate of drug-likeness (QED) is 0.291. The molecule has 0 saturated heterocycles. The van der Waals surface area contributed by atoms with Gasteiger partial charge in [-0.15, -0.1) is 47.0 Å². The summed E-state index contributed by atoms with van der Waals surface area (Å²) in [5.74, 6) is 4.82. The van der Waals surface area contributed by atoms with E-state index < -0.39 is 0 Å². The molecule has 0 rings (SSSR count). The van der Waals surface area contributed by atoms with E-state index in [4.69, 9.17) is 0 Å². The molecule has 0 aliphatic heterocycles. The monoisotopic (exact) mass is 406 g/mol. The molecule has 0 aliphatic rings. The van der Waals surface area contributed by atoms with Crippen LogP contribution in [0, 0.1) is 0 Å². The molecule has 0 heterocycles. The van der Waals surface area contributed by atoms with Gasteiger partial charge in [0.25, 0.3) is 0 Å². The molecule has 0 spiro atoms. The molecule has 0 bridgehead atoms. The van der Waals surface area contributed by atoms with Crippen LogP contribution in [0.2, 0.25) is 0 Å². The Hall–Kier alpha value is 0.710. The third-order valence-electron chi connectivity index (χ3n) is 2.45. The van der Waals surface area contributed by atoms with Crippen LogP contribution in [0.15, 0.2) is 45.9 Å². The molecule has 0 aromatic heterocycles. The van der Waals surface area contributed by atoms with Gasteiger partial charge in [-0.25, -0.2) is 0 Å². The van der Waals surface area contributed by atoms with Crippen molar-refractivity contribution >= 4 is 58.8 Å². The summed E-state index contributed by atoms with van der Waals surface area (Å²) < 4.78 is 0. The molecule has 0 saturated carbocycles. The number of hydrogen-bond donors (Lipinski definition) is 0. The molecule has 0 fully saturated rings. The molecule has 2 unspecified atom stereocenters. The van der Waals surface area contributed by atoms with Gasteiger partial charge in [0.2, 0.25) is 0 Å². The second-order valence-electron chi connectivity index (χ2n) is 4.60. The summed E-state index contributed by atoms with van der Waals surface area (Å²) in [5.41, 5.74) is 0. The van der Waals surface area contributed by atoms with E-state index in [-0.39, 0.29) is 0 Å². The lowest BCUT2D eigenvalue weighted by molar-refractivity contribution is 1.12. The average molecular weight is 407 g/mol. The van der Waals surface area contributed by atoms with Crippen LogP contribution < -0.4 is 0 Å². The number of hydrogen-bond acceptors (Lipinski definition) is 5. The van der Waals surface area contributed by atoms with Gasteiger partial charge in [-0.2, -0.15) is 11.8 Å². The van der Waals surface area contributed by atoms with Crippen LogP contribution in [0.5, 0.6) is 0 Å². The number of rotatable bonds is 14. The molecule has 0 amide bonds. The van der Waals surface area contributed by atoms with E-state index in [1.54, 1.807) is 0 Å². The summed E-state index contributed by atoms with van der Waals surface area (Å²) in [6.45, 7) is 8.36. The topological polar surface area (TPSA) is 0 Å². The molecule has 0 nitrogen and oxygen atoms in total. The predicted molar refractivity (Wildman–Crippen MR) is 124 cm³/mol. The van der Waals surface area contributed by atoms with Gasteiger partial charge in [-0.1, -0.05) is 24.3 Å². The van der Waals surface area contributed by atoms with Crippen molar-refractivity contribution in [2.75, 3.05) is 23.0 Å². The third kappa shape index (κ3) is 16.0. The van der Waals surface area contributed by atoms with Gasteiger partial charge >= 0.3 is 0 Å². The molecular weight excluding hydrogens is 377 g/mol. The zero-order chi connectivity index (χ0) is 17.2. The van der Waals surface area contributed by atoms with Crippen molar-refractivity contribution in [3.05, 3.63) is 45.9 Å². The second-order valence-corrected chi connectivity index (χ2v) is 9.97. The maximum absolute atomic E-state index is 2.23. The normalized spacial score (nSPS) is 15.5. The van der Waals surface area contributed by atoms with Crippen molar-refractivity contribution in [2.24, 2.45) is 0 Å². The molecule has 0 aliphatic carbocycles. The first-order valence-electron chi connectivity index (χ1n) is 7.84. The summed E-state index contributed by atoms with van der Waals surface area (Å²) in [4.78, 5) is 0. The zero-order valence-corrected chi connectivity index (χ0v) is 18.7. The van der Waals surface area contributed by atoms with E-state index >= 15 is 0 Å². The summed E-state index contributed by atoms with van der Waals surface area (Å²) in [6, 6.07) is 0. The summed E-state index contributed by atoms with van der Waals surface area (Å²) in [6.07, 6.45) is 8.52. The molecule has 0 N–H and O–H groups in total. The maximum atomic E-state index is 2.23. The van der Waals surface area contributed by atoms with Gasteiger partial charge in [0.05, 0.1) is 0 Å². The van der Waals surface area contributed by atoms with Crippen molar-refractivity contribution in [1.29, 1.82) is 0 Å². The molecule has 0 aromatic carbocycles. The average Bonchev–Trinajstić information content (AvgIpc) is 2.56. The lowest BCUT2D eigenvalue weighted by Crippen LogP contribution is -2.13. The van der Waals surface area contributed by atoms with Gasteiger partial charge in [-0.3, -0.25) is 0 Å². The standard InChI is InChI=1S/C18H30S5/c1-5-9-19-13-17(22-11-7-3)15-21-16-18(23-12-8-4)14-20-10-6-2/h5-12,17-18H,13-16H2,1-4H3. The van der Waals surface area contributed by atoms with E-state index in [2.05, 4.69) is 85.4 Å². The second kappa shape index (κ2) is 19.0. The SMILES string of the molecule is CC=CSCC(CSCC(CSC=CC)SC=CC)SC=CC. The van der Waals surface area contributed by atoms with Gasteiger partial charge in [0.15, 0.2) is 0 Å². The molecule has 0 radical (unpaired) electrons. The largest absolute Gasteiger partial charge is 0.160 e. The smallest absolute Gasteiger partial charge is 0.0273 e. The van der Waals surface area contributed by atoms with Crippen LogP contribution in [0.4, 0.5) is 0 Å². The Morgan fingerprint density at radius 2 is 0.957 bits per heavy atom. The molecule has 0 aromatic rings. The van der Waals surface area contributed by atoms with Crippen LogP contribution in [0.25, 0.3) is 0 Å². The van der Waals surface area contributed by atoms with Crippen LogP contribution in [-0.4, -0.2) is 33.5 Å². The highest BCUT2D eigenvalue weighted by atomic mass is 32.2. The number of thioether (sulfide) groups is 5. The van der Waals surface area contributed by atoms with Crippen LogP contribution in [-0.2, 0) is 0 Å². The Morgan fingerprint density at radius 3 is 1.30 bits per heavy atom. The van der Waals surface area contributed by atoms with Gasteiger partial charge in [-0.05, 0) is 49.3 Å². The first-order valence-corrected chi connectivity index (χ1v) is 13.0.